The highest BCUT2D eigenvalue weighted by molar-refractivity contribution is 5.80. The number of esters is 1. The zero-order valence-corrected chi connectivity index (χ0v) is 12.7. The summed E-state index contributed by atoms with van der Waals surface area (Å²) in [4.78, 5) is 14.3. The summed E-state index contributed by atoms with van der Waals surface area (Å²) in [5.41, 5.74) is -0.641. The Bertz CT molecular complexity index is 284. The molecule has 0 aromatic rings. The van der Waals surface area contributed by atoms with Crippen molar-refractivity contribution in [2.24, 2.45) is 0 Å². The molecular weight excluding hydrogens is 244 g/mol. The van der Waals surface area contributed by atoms with Gasteiger partial charge in [-0.15, -0.1) is 0 Å². The van der Waals surface area contributed by atoms with Crippen molar-refractivity contribution in [2.75, 3.05) is 39.9 Å². The van der Waals surface area contributed by atoms with E-state index in [0.29, 0.717) is 12.6 Å². The van der Waals surface area contributed by atoms with Crippen LogP contribution in [0.5, 0.6) is 0 Å². The van der Waals surface area contributed by atoms with Crippen LogP contribution in [0.1, 0.15) is 33.6 Å². The van der Waals surface area contributed by atoms with Crippen LogP contribution in [0.3, 0.4) is 0 Å². The maximum Gasteiger partial charge on any atom is 0.327 e. The number of methoxy groups -OCH3 is 1. The van der Waals surface area contributed by atoms with E-state index in [-0.39, 0.29) is 5.97 Å². The molecule has 5 nitrogen and oxygen atoms in total. The molecule has 1 rings (SSSR count). The maximum absolute atomic E-state index is 12.0. The molecule has 1 fully saturated rings. The quantitative estimate of drug-likeness (QED) is 0.702. The van der Waals surface area contributed by atoms with Crippen LogP contribution >= 0.6 is 0 Å². The zero-order valence-electron chi connectivity index (χ0n) is 12.7. The molecule has 0 radical (unpaired) electrons. The molecule has 0 saturated carbocycles. The van der Waals surface area contributed by atoms with Gasteiger partial charge in [-0.1, -0.05) is 6.92 Å². The standard InChI is InChI=1S/C14H28N2O3/c1-5-15-14(3,13(17)18-4)11-16-9-7-8-12(10-16)19-6-2/h12,15H,5-11H2,1-4H3. The molecule has 19 heavy (non-hydrogen) atoms. The lowest BCUT2D eigenvalue weighted by atomic mass is 9.99. The van der Waals surface area contributed by atoms with E-state index in [4.69, 9.17) is 9.47 Å². The molecule has 1 aliphatic heterocycles. The van der Waals surface area contributed by atoms with Gasteiger partial charge in [-0.3, -0.25) is 9.69 Å². The Kier molecular flexibility index (Phi) is 6.75. The fourth-order valence-electron chi connectivity index (χ4n) is 2.78. The molecule has 1 heterocycles. The number of nitrogens with zero attached hydrogens (tertiary/aromatic N) is 1. The van der Waals surface area contributed by atoms with Crippen LogP contribution in [0.2, 0.25) is 0 Å². The van der Waals surface area contributed by atoms with Crippen LogP contribution in [-0.4, -0.2) is 62.4 Å². The van der Waals surface area contributed by atoms with E-state index in [1.807, 2.05) is 20.8 Å². The van der Waals surface area contributed by atoms with Crippen LogP contribution in [0.15, 0.2) is 0 Å². The highest BCUT2D eigenvalue weighted by Gasteiger charge is 2.36. The summed E-state index contributed by atoms with van der Waals surface area (Å²) < 4.78 is 10.6. The molecule has 0 aromatic heterocycles. The third-order valence-electron chi connectivity index (χ3n) is 3.61. The maximum atomic E-state index is 12.0. The largest absolute Gasteiger partial charge is 0.468 e. The summed E-state index contributed by atoms with van der Waals surface area (Å²) in [6.07, 6.45) is 2.52. The lowest BCUT2D eigenvalue weighted by Gasteiger charge is -2.38. The van der Waals surface area contributed by atoms with Gasteiger partial charge in [0.2, 0.25) is 0 Å². The van der Waals surface area contributed by atoms with Crippen molar-refractivity contribution in [2.45, 2.75) is 45.3 Å². The molecule has 112 valence electrons. The van der Waals surface area contributed by atoms with E-state index in [0.717, 1.165) is 39.1 Å². The van der Waals surface area contributed by atoms with Gasteiger partial charge in [0.15, 0.2) is 0 Å². The summed E-state index contributed by atoms with van der Waals surface area (Å²) in [7, 11) is 1.44. The van der Waals surface area contributed by atoms with E-state index in [2.05, 4.69) is 10.2 Å². The van der Waals surface area contributed by atoms with Gasteiger partial charge < -0.3 is 14.8 Å². The van der Waals surface area contributed by atoms with Crippen molar-refractivity contribution in [1.29, 1.82) is 0 Å². The fraction of sp³-hybridized carbons (Fsp3) is 0.929. The van der Waals surface area contributed by atoms with Crippen molar-refractivity contribution >= 4 is 5.97 Å². The highest BCUT2D eigenvalue weighted by Crippen LogP contribution is 2.17. The lowest BCUT2D eigenvalue weighted by Crippen LogP contribution is -2.59. The average Bonchev–Trinajstić information content (AvgIpc) is 2.38. The number of ether oxygens (including phenoxy) is 2. The number of rotatable bonds is 7. The summed E-state index contributed by atoms with van der Waals surface area (Å²) >= 11 is 0. The van der Waals surface area contributed by atoms with Crippen molar-refractivity contribution in [1.82, 2.24) is 10.2 Å². The molecule has 1 saturated heterocycles. The molecule has 0 aromatic carbocycles. The Morgan fingerprint density at radius 2 is 2.21 bits per heavy atom. The van der Waals surface area contributed by atoms with Gasteiger partial charge in [-0.25, -0.2) is 0 Å². The minimum absolute atomic E-state index is 0.201. The van der Waals surface area contributed by atoms with E-state index in [9.17, 15) is 4.79 Å². The Labute approximate surface area is 116 Å². The first-order valence-electron chi connectivity index (χ1n) is 7.23. The van der Waals surface area contributed by atoms with Gasteiger partial charge in [0.25, 0.3) is 0 Å². The lowest BCUT2D eigenvalue weighted by molar-refractivity contribution is -0.149. The number of piperidine rings is 1. The first-order valence-corrected chi connectivity index (χ1v) is 7.23. The second-order valence-corrected chi connectivity index (χ2v) is 5.31. The highest BCUT2D eigenvalue weighted by atomic mass is 16.5. The minimum atomic E-state index is -0.641. The normalized spacial score (nSPS) is 23.9. The average molecular weight is 272 g/mol. The smallest absolute Gasteiger partial charge is 0.327 e. The molecule has 5 heteroatoms. The van der Waals surface area contributed by atoms with E-state index in [1.54, 1.807) is 0 Å². The van der Waals surface area contributed by atoms with Gasteiger partial charge in [0.1, 0.15) is 5.54 Å². The number of nitrogens with one attached hydrogen (secondary N) is 1. The number of hydrogen-bond acceptors (Lipinski definition) is 5. The van der Waals surface area contributed by atoms with Crippen molar-refractivity contribution in [3.05, 3.63) is 0 Å². The van der Waals surface area contributed by atoms with Crippen LogP contribution in [0.4, 0.5) is 0 Å². The van der Waals surface area contributed by atoms with Crippen molar-refractivity contribution in [3.8, 4) is 0 Å². The van der Waals surface area contributed by atoms with Crippen LogP contribution in [0, 0.1) is 0 Å². The second kappa shape index (κ2) is 7.82. The summed E-state index contributed by atoms with van der Waals surface area (Å²) in [5, 5.41) is 3.25. The van der Waals surface area contributed by atoms with Gasteiger partial charge in [-0.05, 0) is 39.8 Å². The monoisotopic (exact) mass is 272 g/mol. The number of likely N-dealkylation sites (tertiary alicyclic amines) is 1. The van der Waals surface area contributed by atoms with Crippen LogP contribution in [0.25, 0.3) is 0 Å². The predicted octanol–water partition coefficient (Wildman–Crippen LogP) is 1.03. The summed E-state index contributed by atoms with van der Waals surface area (Å²) in [5.74, 6) is -0.201. The first kappa shape index (κ1) is 16.4. The summed E-state index contributed by atoms with van der Waals surface area (Å²) in [6, 6.07) is 0. The van der Waals surface area contributed by atoms with Crippen LogP contribution in [-0.2, 0) is 14.3 Å². The molecule has 1 N–H and O–H groups in total. The topological polar surface area (TPSA) is 50.8 Å². The summed E-state index contributed by atoms with van der Waals surface area (Å²) in [6.45, 7) is 10.0. The van der Waals surface area contributed by atoms with Crippen molar-refractivity contribution in [3.63, 3.8) is 0 Å². The Morgan fingerprint density at radius 1 is 1.47 bits per heavy atom. The molecular formula is C14H28N2O3. The molecule has 2 unspecified atom stereocenters. The second-order valence-electron chi connectivity index (χ2n) is 5.31. The predicted molar refractivity (Wildman–Crippen MR) is 75.2 cm³/mol. The van der Waals surface area contributed by atoms with Gasteiger partial charge in [0.05, 0.1) is 13.2 Å². The molecule has 2 atom stereocenters. The van der Waals surface area contributed by atoms with Gasteiger partial charge in [0, 0.05) is 19.7 Å². The van der Waals surface area contributed by atoms with E-state index < -0.39 is 5.54 Å². The number of hydrogen-bond donors (Lipinski definition) is 1. The van der Waals surface area contributed by atoms with E-state index in [1.165, 1.54) is 7.11 Å². The molecule has 0 spiro atoms. The molecule has 1 aliphatic rings. The van der Waals surface area contributed by atoms with Crippen LogP contribution < -0.4 is 5.32 Å². The SMILES string of the molecule is CCNC(C)(CN1CCCC(OCC)C1)C(=O)OC. The third-order valence-corrected chi connectivity index (χ3v) is 3.61. The Morgan fingerprint density at radius 3 is 2.79 bits per heavy atom. The fourth-order valence-corrected chi connectivity index (χ4v) is 2.78. The third kappa shape index (κ3) is 4.75. The van der Waals surface area contributed by atoms with E-state index >= 15 is 0 Å². The zero-order chi connectivity index (χ0) is 14.3. The number of likely N-dealkylation sites (N-methyl/N-ethyl adjacent to an activating group) is 1. The molecule has 0 bridgehead atoms. The number of carbonyl (C=O) groups is 1. The Hall–Kier alpha value is -0.650. The van der Waals surface area contributed by atoms with Gasteiger partial charge >= 0.3 is 5.97 Å². The molecule has 0 aliphatic carbocycles. The first-order chi connectivity index (χ1) is 9.05. The van der Waals surface area contributed by atoms with Gasteiger partial charge in [-0.2, -0.15) is 0 Å². The van der Waals surface area contributed by atoms with Crippen molar-refractivity contribution < 1.29 is 14.3 Å². The molecule has 0 amide bonds. The minimum Gasteiger partial charge on any atom is -0.468 e. The Balaban J connectivity index is 2.60. The number of carbonyl (C=O) groups excluding carboxylic acids is 1.